The number of carbonyl (C=O) groups is 2. The predicted molar refractivity (Wildman–Crippen MR) is 119 cm³/mol. The van der Waals surface area contributed by atoms with Crippen LogP contribution in [0.25, 0.3) is 0 Å². The highest BCUT2D eigenvalue weighted by atomic mass is 32.2. The Kier molecular flexibility index (Phi) is 5.62. The summed E-state index contributed by atoms with van der Waals surface area (Å²) in [6.45, 7) is 9.56. The minimum Gasteiger partial charge on any atom is -0.497 e. The average molecular weight is 443 g/mol. The van der Waals surface area contributed by atoms with Gasteiger partial charge in [-0.2, -0.15) is 0 Å². The Labute approximate surface area is 187 Å². The number of hydrogen-bond donors (Lipinski definition) is 1. The van der Waals surface area contributed by atoms with E-state index >= 15 is 0 Å². The van der Waals surface area contributed by atoms with Crippen LogP contribution >= 0.6 is 11.8 Å². The SMILES string of the molecule is CCn1c(CNC(=O)c2ccc(OC)cc2)nnc1SC1C(=O)C2(C)CCC1C2(C)C. The summed E-state index contributed by atoms with van der Waals surface area (Å²) in [5.41, 5.74) is 0.316. The Balaban J connectivity index is 1.46. The first kappa shape index (κ1) is 21.9. The topological polar surface area (TPSA) is 86.1 Å². The summed E-state index contributed by atoms with van der Waals surface area (Å²) in [5.74, 6) is 1.92. The molecule has 1 aromatic heterocycles. The number of carbonyl (C=O) groups excluding carboxylic acids is 2. The zero-order chi connectivity index (χ0) is 22.4. The fraction of sp³-hybridized carbons (Fsp3) is 0.565. The largest absolute Gasteiger partial charge is 0.497 e. The number of methoxy groups -OCH3 is 1. The molecule has 2 saturated carbocycles. The number of ether oxygens (including phenoxy) is 1. The number of ketones is 1. The summed E-state index contributed by atoms with van der Waals surface area (Å²) in [6.07, 6.45) is 2.06. The van der Waals surface area contributed by atoms with Crippen LogP contribution in [0.5, 0.6) is 5.75 Å². The van der Waals surface area contributed by atoms with Gasteiger partial charge in [-0.05, 0) is 55.4 Å². The molecule has 2 aromatic rings. The summed E-state index contributed by atoms with van der Waals surface area (Å²) < 4.78 is 7.12. The molecule has 2 fully saturated rings. The molecule has 0 saturated heterocycles. The Bertz CT molecular complexity index is 1000. The lowest BCUT2D eigenvalue weighted by Gasteiger charge is -2.32. The first-order chi connectivity index (χ1) is 14.7. The maximum Gasteiger partial charge on any atom is 0.251 e. The molecule has 0 aliphatic heterocycles. The van der Waals surface area contributed by atoms with E-state index in [1.165, 1.54) is 0 Å². The van der Waals surface area contributed by atoms with E-state index in [2.05, 4.69) is 36.3 Å². The standard InChI is InChI=1S/C23H30N4O3S/c1-6-27-17(13-24-20(29)14-7-9-15(30-5)10-8-14)25-26-21(27)31-18-16-11-12-23(4,19(18)28)22(16,2)3/h7-10,16,18H,6,11-13H2,1-5H3,(H,24,29). The fourth-order valence-electron chi connectivity index (χ4n) is 5.11. The molecule has 1 heterocycles. The van der Waals surface area contributed by atoms with Gasteiger partial charge in [0.1, 0.15) is 5.75 Å². The molecule has 3 unspecified atom stereocenters. The summed E-state index contributed by atoms with van der Waals surface area (Å²) in [7, 11) is 1.59. The van der Waals surface area contributed by atoms with Gasteiger partial charge in [-0.25, -0.2) is 0 Å². The van der Waals surface area contributed by atoms with E-state index < -0.39 is 0 Å². The van der Waals surface area contributed by atoms with E-state index in [9.17, 15) is 9.59 Å². The van der Waals surface area contributed by atoms with Crippen LogP contribution in [-0.4, -0.2) is 38.8 Å². The maximum absolute atomic E-state index is 13.2. The fourth-order valence-corrected chi connectivity index (χ4v) is 6.80. The van der Waals surface area contributed by atoms with E-state index in [1.54, 1.807) is 43.1 Å². The lowest BCUT2D eigenvalue weighted by Crippen LogP contribution is -2.34. The van der Waals surface area contributed by atoms with Gasteiger partial charge in [0.05, 0.1) is 18.9 Å². The predicted octanol–water partition coefficient (Wildman–Crippen LogP) is 3.72. The van der Waals surface area contributed by atoms with Crippen molar-refractivity contribution in [2.24, 2.45) is 16.7 Å². The number of nitrogens with zero attached hydrogens (tertiary/aromatic N) is 3. The quantitative estimate of drug-likeness (QED) is 0.703. The molecule has 0 radical (unpaired) electrons. The molecule has 0 spiro atoms. The minimum atomic E-state index is -0.248. The van der Waals surface area contributed by atoms with Crippen LogP contribution in [0.15, 0.2) is 29.4 Å². The Morgan fingerprint density at radius 2 is 1.97 bits per heavy atom. The first-order valence-electron chi connectivity index (χ1n) is 10.8. The second kappa shape index (κ2) is 7.97. The van der Waals surface area contributed by atoms with Gasteiger partial charge in [0, 0.05) is 17.5 Å². The van der Waals surface area contributed by atoms with Crippen LogP contribution in [0.2, 0.25) is 0 Å². The van der Waals surface area contributed by atoms with Gasteiger partial charge in [-0.1, -0.05) is 32.5 Å². The molecule has 1 aromatic carbocycles. The van der Waals surface area contributed by atoms with Crippen LogP contribution in [0.4, 0.5) is 0 Å². The van der Waals surface area contributed by atoms with Crippen molar-refractivity contribution in [3.05, 3.63) is 35.7 Å². The number of nitrogens with one attached hydrogen (secondary N) is 1. The summed E-state index contributed by atoms with van der Waals surface area (Å²) in [4.78, 5) is 25.7. The third-order valence-corrected chi connectivity index (χ3v) is 8.88. The van der Waals surface area contributed by atoms with Gasteiger partial charge in [0.15, 0.2) is 16.8 Å². The molecule has 8 heteroatoms. The number of Topliss-reactive ketones (excluding diaryl/α,β-unsaturated/α-hetero) is 1. The molecule has 4 rings (SSSR count). The molecule has 2 aliphatic carbocycles. The van der Waals surface area contributed by atoms with E-state index in [0.29, 0.717) is 35.4 Å². The van der Waals surface area contributed by atoms with Crippen molar-refractivity contribution >= 4 is 23.5 Å². The maximum atomic E-state index is 13.2. The first-order valence-corrected chi connectivity index (χ1v) is 11.7. The molecule has 1 amide bonds. The van der Waals surface area contributed by atoms with Crippen molar-refractivity contribution in [2.75, 3.05) is 7.11 Å². The number of rotatable bonds is 7. The van der Waals surface area contributed by atoms with Gasteiger partial charge in [-0.15, -0.1) is 10.2 Å². The van der Waals surface area contributed by atoms with Gasteiger partial charge in [-0.3, -0.25) is 9.59 Å². The average Bonchev–Trinajstić information content (AvgIpc) is 3.30. The summed E-state index contributed by atoms with van der Waals surface area (Å²) in [6, 6.07) is 6.96. The molecule has 166 valence electrons. The van der Waals surface area contributed by atoms with Crippen LogP contribution < -0.4 is 10.1 Å². The van der Waals surface area contributed by atoms with Crippen molar-refractivity contribution in [1.82, 2.24) is 20.1 Å². The molecular formula is C23H30N4O3S. The van der Waals surface area contributed by atoms with Crippen molar-refractivity contribution < 1.29 is 14.3 Å². The molecule has 1 N–H and O–H groups in total. The smallest absolute Gasteiger partial charge is 0.251 e. The second-order valence-corrected chi connectivity index (χ2v) is 10.3. The number of amides is 1. The van der Waals surface area contributed by atoms with Gasteiger partial charge >= 0.3 is 0 Å². The molecule has 2 aliphatic rings. The van der Waals surface area contributed by atoms with E-state index in [1.807, 2.05) is 11.5 Å². The summed E-state index contributed by atoms with van der Waals surface area (Å²) >= 11 is 1.54. The van der Waals surface area contributed by atoms with Crippen LogP contribution in [0.1, 0.15) is 56.7 Å². The van der Waals surface area contributed by atoms with Crippen molar-refractivity contribution in [1.29, 1.82) is 0 Å². The highest BCUT2D eigenvalue weighted by Gasteiger charge is 2.66. The van der Waals surface area contributed by atoms with Crippen molar-refractivity contribution in [3.8, 4) is 5.75 Å². The Hall–Kier alpha value is -2.35. The van der Waals surface area contributed by atoms with E-state index in [0.717, 1.165) is 18.0 Å². The zero-order valence-corrected chi connectivity index (χ0v) is 19.6. The van der Waals surface area contributed by atoms with Crippen LogP contribution in [0, 0.1) is 16.7 Å². The van der Waals surface area contributed by atoms with Crippen LogP contribution in [-0.2, 0) is 17.9 Å². The van der Waals surface area contributed by atoms with E-state index in [4.69, 9.17) is 4.74 Å². The van der Waals surface area contributed by atoms with Crippen molar-refractivity contribution in [2.45, 2.75) is 64.0 Å². The van der Waals surface area contributed by atoms with Gasteiger partial charge < -0.3 is 14.6 Å². The molecule has 3 atom stereocenters. The number of hydrogen-bond acceptors (Lipinski definition) is 6. The summed E-state index contributed by atoms with van der Waals surface area (Å²) in [5, 5.41) is 12.3. The number of benzene rings is 1. The third kappa shape index (κ3) is 3.45. The number of aromatic nitrogens is 3. The van der Waals surface area contributed by atoms with Crippen molar-refractivity contribution in [3.63, 3.8) is 0 Å². The van der Waals surface area contributed by atoms with Gasteiger partial charge in [0.25, 0.3) is 5.91 Å². The molecule has 7 nitrogen and oxygen atoms in total. The zero-order valence-electron chi connectivity index (χ0n) is 18.8. The highest BCUT2D eigenvalue weighted by Crippen LogP contribution is 2.66. The molecule has 2 bridgehead atoms. The monoisotopic (exact) mass is 442 g/mol. The van der Waals surface area contributed by atoms with Gasteiger partial charge in [0.2, 0.25) is 0 Å². The third-order valence-electron chi connectivity index (χ3n) is 7.57. The Morgan fingerprint density at radius 1 is 1.26 bits per heavy atom. The number of fused-ring (bicyclic) bond motifs is 2. The molecular weight excluding hydrogens is 412 g/mol. The lowest BCUT2D eigenvalue weighted by molar-refractivity contribution is -0.127. The highest BCUT2D eigenvalue weighted by molar-refractivity contribution is 8.00. The lowest BCUT2D eigenvalue weighted by atomic mass is 9.70. The Morgan fingerprint density at radius 3 is 2.55 bits per heavy atom. The second-order valence-electron chi connectivity index (χ2n) is 9.16. The van der Waals surface area contributed by atoms with Crippen LogP contribution in [0.3, 0.4) is 0 Å². The molecule has 31 heavy (non-hydrogen) atoms. The van der Waals surface area contributed by atoms with E-state index in [-0.39, 0.29) is 28.5 Å². The number of thioether (sulfide) groups is 1. The minimum absolute atomic E-state index is 0.00792. The normalized spacial score (nSPS) is 26.3.